The van der Waals surface area contributed by atoms with E-state index in [0.717, 1.165) is 42.4 Å². The number of ketones is 1. The Hall–Kier alpha value is -4.77. The lowest BCUT2D eigenvalue weighted by Crippen LogP contribution is -2.48. The molecule has 1 saturated heterocycles. The van der Waals surface area contributed by atoms with Crippen molar-refractivity contribution in [3.63, 3.8) is 0 Å². The molecule has 1 aliphatic carbocycles. The summed E-state index contributed by atoms with van der Waals surface area (Å²) in [5, 5.41) is 4.40. The lowest BCUT2D eigenvalue weighted by molar-refractivity contribution is -0.126. The Balaban J connectivity index is 1.08. The van der Waals surface area contributed by atoms with Crippen LogP contribution in [0, 0.1) is 0 Å². The van der Waals surface area contributed by atoms with Crippen molar-refractivity contribution in [3.8, 4) is 0 Å². The predicted molar refractivity (Wildman–Crippen MR) is 174 cm³/mol. The zero-order valence-corrected chi connectivity index (χ0v) is 26.1. The fourth-order valence-corrected chi connectivity index (χ4v) is 6.17. The maximum atomic E-state index is 13.0. The maximum absolute atomic E-state index is 13.0. The van der Waals surface area contributed by atoms with Crippen molar-refractivity contribution < 1.29 is 14.4 Å². The predicted octanol–water partition coefficient (Wildman–Crippen LogP) is 5.13. The SMILES string of the molecule is CN(C)C(=O)c1cc2cnc(Nc3ccc(N4CCN(C(=O)/C=C/C(=O)c5ccccc5Cl)CC4)cn3)nc2n1C1CCCC1. The van der Waals surface area contributed by atoms with Gasteiger partial charge < -0.3 is 24.6 Å². The zero-order valence-electron chi connectivity index (χ0n) is 25.3. The third kappa shape index (κ3) is 6.53. The number of anilines is 3. The van der Waals surface area contributed by atoms with Gasteiger partial charge >= 0.3 is 0 Å². The fraction of sp³-hybridized carbons (Fsp3) is 0.333. The number of aromatic nitrogens is 4. The molecule has 0 bridgehead atoms. The fourth-order valence-electron chi connectivity index (χ4n) is 5.94. The van der Waals surface area contributed by atoms with Gasteiger partial charge in [-0.25, -0.2) is 9.97 Å². The van der Waals surface area contributed by atoms with Crippen LogP contribution >= 0.6 is 11.6 Å². The highest BCUT2D eigenvalue weighted by Crippen LogP contribution is 2.35. The molecule has 1 aromatic carbocycles. The number of piperazine rings is 1. The number of halogens is 1. The number of hydrogen-bond acceptors (Lipinski definition) is 8. The van der Waals surface area contributed by atoms with E-state index in [-0.39, 0.29) is 23.6 Å². The van der Waals surface area contributed by atoms with E-state index in [1.54, 1.807) is 60.6 Å². The lowest BCUT2D eigenvalue weighted by atomic mass is 10.1. The minimum Gasteiger partial charge on any atom is -0.367 e. The van der Waals surface area contributed by atoms with Gasteiger partial charge in [-0.2, -0.15) is 4.98 Å². The molecule has 4 aromatic rings. The summed E-state index contributed by atoms with van der Waals surface area (Å²) < 4.78 is 2.09. The molecule has 2 amide bonds. The second-order valence-electron chi connectivity index (χ2n) is 11.5. The van der Waals surface area contributed by atoms with E-state index in [2.05, 4.69) is 24.8 Å². The van der Waals surface area contributed by atoms with Crippen molar-refractivity contribution in [2.24, 2.45) is 0 Å². The number of benzene rings is 1. The lowest BCUT2D eigenvalue weighted by Gasteiger charge is -2.35. The summed E-state index contributed by atoms with van der Waals surface area (Å²) in [7, 11) is 3.52. The van der Waals surface area contributed by atoms with E-state index < -0.39 is 0 Å². The number of nitrogens with zero attached hydrogens (tertiary/aromatic N) is 7. The molecule has 12 heteroatoms. The first-order chi connectivity index (χ1) is 21.8. The third-order valence-electron chi connectivity index (χ3n) is 8.35. The number of fused-ring (bicyclic) bond motifs is 1. The van der Waals surface area contributed by atoms with Crippen LogP contribution in [-0.4, -0.2) is 87.2 Å². The van der Waals surface area contributed by atoms with Gasteiger partial charge in [0.15, 0.2) is 5.78 Å². The topological polar surface area (TPSA) is 117 Å². The normalized spacial score (nSPS) is 15.6. The third-order valence-corrected chi connectivity index (χ3v) is 8.68. The van der Waals surface area contributed by atoms with Gasteiger partial charge in [0.2, 0.25) is 11.9 Å². The molecule has 232 valence electrons. The molecule has 0 atom stereocenters. The molecule has 0 unspecified atom stereocenters. The monoisotopic (exact) mass is 626 g/mol. The average Bonchev–Trinajstić information content (AvgIpc) is 3.72. The molecule has 4 heterocycles. The summed E-state index contributed by atoms with van der Waals surface area (Å²) >= 11 is 6.09. The van der Waals surface area contributed by atoms with Crippen LogP contribution in [-0.2, 0) is 4.79 Å². The standard InChI is InChI=1S/C33H35ClN8O3/c1-39(2)32(45)27-19-22-20-36-33(38-31(22)42(27)23-7-3-4-8-23)37-29-13-11-24(21-35-29)40-15-17-41(18-16-40)30(44)14-12-28(43)25-9-5-6-10-26(25)34/h5-6,9-14,19-21,23H,3-4,7-8,15-18H2,1-2H3,(H,35,36,37,38)/b14-12+. The summed E-state index contributed by atoms with van der Waals surface area (Å²) in [5.74, 6) is 0.462. The van der Waals surface area contributed by atoms with Gasteiger partial charge in [-0.15, -0.1) is 0 Å². The quantitative estimate of drug-likeness (QED) is 0.211. The Kier molecular flexibility index (Phi) is 8.79. The van der Waals surface area contributed by atoms with Crippen molar-refractivity contribution in [2.75, 3.05) is 50.5 Å². The first-order valence-electron chi connectivity index (χ1n) is 15.1. The Morgan fingerprint density at radius 3 is 2.40 bits per heavy atom. The first kappa shape index (κ1) is 30.3. The average molecular weight is 627 g/mol. The largest absolute Gasteiger partial charge is 0.367 e. The van der Waals surface area contributed by atoms with Crippen LogP contribution in [0.5, 0.6) is 0 Å². The highest BCUT2D eigenvalue weighted by Gasteiger charge is 2.27. The molecule has 45 heavy (non-hydrogen) atoms. The molecule has 3 aromatic heterocycles. The van der Waals surface area contributed by atoms with Crippen LogP contribution in [0.2, 0.25) is 5.02 Å². The second-order valence-corrected chi connectivity index (χ2v) is 11.9. The molecule has 11 nitrogen and oxygen atoms in total. The van der Waals surface area contributed by atoms with Gasteiger partial charge in [0, 0.05) is 69.5 Å². The zero-order chi connectivity index (χ0) is 31.5. The molecule has 1 aliphatic heterocycles. The maximum Gasteiger partial charge on any atom is 0.270 e. The minimum absolute atomic E-state index is 0.0446. The first-order valence-corrected chi connectivity index (χ1v) is 15.5. The highest BCUT2D eigenvalue weighted by atomic mass is 35.5. The van der Waals surface area contributed by atoms with Gasteiger partial charge in [-0.1, -0.05) is 36.6 Å². The molecular weight excluding hydrogens is 592 g/mol. The molecule has 0 spiro atoms. The van der Waals surface area contributed by atoms with Crippen LogP contribution < -0.4 is 10.2 Å². The van der Waals surface area contributed by atoms with Crippen molar-refractivity contribution in [1.82, 2.24) is 29.3 Å². The Morgan fingerprint density at radius 2 is 1.71 bits per heavy atom. The van der Waals surface area contributed by atoms with E-state index >= 15 is 0 Å². The second kappa shape index (κ2) is 13.1. The van der Waals surface area contributed by atoms with E-state index in [1.165, 1.54) is 12.2 Å². The van der Waals surface area contributed by atoms with Gasteiger partial charge in [0.05, 0.1) is 16.9 Å². The van der Waals surface area contributed by atoms with E-state index in [0.29, 0.717) is 54.2 Å². The van der Waals surface area contributed by atoms with Crippen molar-refractivity contribution in [3.05, 3.63) is 83.3 Å². The Labute approximate surface area is 266 Å². The number of allylic oxidation sites excluding steroid dienone is 1. The number of amides is 2. The molecule has 1 saturated carbocycles. The Morgan fingerprint density at radius 1 is 0.956 bits per heavy atom. The van der Waals surface area contributed by atoms with Crippen molar-refractivity contribution >= 4 is 57.7 Å². The molecule has 1 N–H and O–H groups in total. The number of hydrogen-bond donors (Lipinski definition) is 1. The van der Waals surface area contributed by atoms with Gasteiger partial charge in [0.1, 0.15) is 17.2 Å². The van der Waals surface area contributed by atoms with Crippen LogP contribution in [0.15, 0.2) is 67.0 Å². The number of carbonyl (C=O) groups excluding carboxylic acids is 3. The summed E-state index contributed by atoms with van der Waals surface area (Å²) in [5.41, 5.74) is 2.70. The summed E-state index contributed by atoms with van der Waals surface area (Å²) in [4.78, 5) is 57.5. The van der Waals surface area contributed by atoms with E-state index in [4.69, 9.17) is 16.6 Å². The number of pyridine rings is 1. The van der Waals surface area contributed by atoms with Crippen molar-refractivity contribution in [2.45, 2.75) is 31.7 Å². The minimum atomic E-state index is -0.301. The van der Waals surface area contributed by atoms with Crippen LogP contribution in [0.25, 0.3) is 11.0 Å². The molecule has 6 rings (SSSR count). The summed E-state index contributed by atoms with van der Waals surface area (Å²) in [6.45, 7) is 2.32. The summed E-state index contributed by atoms with van der Waals surface area (Å²) in [6.07, 6.45) is 10.5. The van der Waals surface area contributed by atoms with Gasteiger partial charge in [-0.05, 0) is 49.2 Å². The van der Waals surface area contributed by atoms with Crippen LogP contribution in [0.1, 0.15) is 52.6 Å². The molecule has 2 aliphatic rings. The molecule has 2 fully saturated rings. The highest BCUT2D eigenvalue weighted by molar-refractivity contribution is 6.34. The van der Waals surface area contributed by atoms with Crippen LogP contribution in [0.3, 0.4) is 0 Å². The molecular formula is C33H35ClN8O3. The van der Waals surface area contributed by atoms with Crippen molar-refractivity contribution in [1.29, 1.82) is 0 Å². The van der Waals surface area contributed by atoms with Gasteiger partial charge in [-0.3, -0.25) is 14.4 Å². The van der Waals surface area contributed by atoms with E-state index in [9.17, 15) is 14.4 Å². The summed E-state index contributed by atoms with van der Waals surface area (Å²) in [6, 6.07) is 12.8. The smallest absolute Gasteiger partial charge is 0.270 e. The molecule has 0 radical (unpaired) electrons. The van der Waals surface area contributed by atoms with Crippen LogP contribution in [0.4, 0.5) is 17.5 Å². The number of nitrogens with one attached hydrogen (secondary N) is 1. The number of rotatable bonds is 8. The Bertz CT molecular complexity index is 1750. The van der Waals surface area contributed by atoms with Gasteiger partial charge in [0.25, 0.3) is 5.91 Å². The van der Waals surface area contributed by atoms with E-state index in [1.807, 2.05) is 18.2 Å². The number of carbonyl (C=O) groups is 3.